The fourth-order valence-electron chi connectivity index (χ4n) is 6.38. The summed E-state index contributed by atoms with van der Waals surface area (Å²) in [5.41, 5.74) is 0.413. The third-order valence-electron chi connectivity index (χ3n) is 8.19. The minimum Gasteiger partial charge on any atom is -0.359 e. The number of likely N-dealkylation sites (tertiary alicyclic amines) is 1. The predicted octanol–water partition coefficient (Wildman–Crippen LogP) is 3.35. The van der Waals surface area contributed by atoms with Crippen molar-refractivity contribution in [3.63, 3.8) is 0 Å². The van der Waals surface area contributed by atoms with Crippen LogP contribution in [0, 0.1) is 18.8 Å². The number of hydrogen-bond donors (Lipinski definition) is 2. The lowest BCUT2D eigenvalue weighted by atomic mass is 9.74. The summed E-state index contributed by atoms with van der Waals surface area (Å²) < 4.78 is 6.38. The van der Waals surface area contributed by atoms with E-state index in [0.717, 1.165) is 44.1 Å². The molecule has 5 aliphatic rings. The third kappa shape index (κ3) is 3.39. The van der Waals surface area contributed by atoms with Crippen molar-refractivity contribution in [1.82, 2.24) is 10.2 Å². The van der Waals surface area contributed by atoms with Crippen LogP contribution >= 0.6 is 11.6 Å². The molecular formula is C26H30ClN3O4. The number of benzene rings is 1. The summed E-state index contributed by atoms with van der Waals surface area (Å²) in [4.78, 5) is 42.6. The van der Waals surface area contributed by atoms with E-state index in [1.807, 2.05) is 25.1 Å². The van der Waals surface area contributed by atoms with Gasteiger partial charge in [-0.2, -0.15) is 0 Å². The van der Waals surface area contributed by atoms with Gasteiger partial charge in [0, 0.05) is 22.8 Å². The van der Waals surface area contributed by atoms with Crippen LogP contribution in [0.2, 0.25) is 5.02 Å². The van der Waals surface area contributed by atoms with E-state index >= 15 is 0 Å². The SMILES string of the molecule is Cc1ccc(NC(=O)[C@H]2[C@@H]3C=C[C@]4(O3)[C@@H]2C(=O)N(C2CC2)[C@@H]4C(=O)NC2CCCCC2)cc1Cl. The highest BCUT2D eigenvalue weighted by Gasteiger charge is 2.74. The summed E-state index contributed by atoms with van der Waals surface area (Å²) in [5, 5.41) is 6.71. The standard InChI is InChI=1S/C26H30ClN3O4/c1-14-7-8-16(13-18(14)27)29-23(31)20-19-11-12-26(34-19)21(20)25(33)30(17-9-10-17)22(26)24(32)28-15-5-3-2-4-6-15/h7-8,11-13,15,17,19-22H,2-6,9-10H2,1H3,(H,28,32)(H,29,31)/t19-,20-,21-,22+,26-/m0/s1. The first kappa shape index (κ1) is 22.1. The van der Waals surface area contributed by atoms with E-state index in [1.165, 1.54) is 6.42 Å². The Morgan fingerprint density at radius 3 is 2.59 bits per heavy atom. The number of fused-ring (bicyclic) bond motifs is 1. The molecule has 0 radical (unpaired) electrons. The van der Waals surface area contributed by atoms with Gasteiger partial charge in [-0.25, -0.2) is 0 Å². The smallest absolute Gasteiger partial charge is 0.246 e. The number of halogens is 1. The lowest BCUT2D eigenvalue weighted by Gasteiger charge is -2.34. The highest BCUT2D eigenvalue weighted by molar-refractivity contribution is 6.31. The number of carbonyl (C=O) groups excluding carboxylic acids is 3. The van der Waals surface area contributed by atoms with Gasteiger partial charge in [-0.15, -0.1) is 0 Å². The number of aryl methyl sites for hydroxylation is 1. The topological polar surface area (TPSA) is 87.7 Å². The van der Waals surface area contributed by atoms with Crippen LogP contribution in [-0.4, -0.2) is 52.5 Å². The quantitative estimate of drug-likeness (QED) is 0.629. The fourth-order valence-corrected chi connectivity index (χ4v) is 6.56. The predicted molar refractivity (Wildman–Crippen MR) is 127 cm³/mol. The van der Waals surface area contributed by atoms with Crippen molar-refractivity contribution in [3.05, 3.63) is 40.9 Å². The Bertz CT molecular complexity index is 1080. The summed E-state index contributed by atoms with van der Waals surface area (Å²) in [6, 6.07) is 4.81. The molecule has 3 aliphatic heterocycles. The van der Waals surface area contributed by atoms with Gasteiger partial charge in [0.05, 0.1) is 17.9 Å². The van der Waals surface area contributed by atoms with Crippen LogP contribution in [0.1, 0.15) is 50.5 Å². The third-order valence-corrected chi connectivity index (χ3v) is 8.60. The van der Waals surface area contributed by atoms with Crippen LogP contribution in [0.25, 0.3) is 0 Å². The molecule has 2 saturated heterocycles. The maximum Gasteiger partial charge on any atom is 0.246 e. The molecule has 34 heavy (non-hydrogen) atoms. The summed E-state index contributed by atoms with van der Waals surface area (Å²) in [5.74, 6) is -1.96. The largest absolute Gasteiger partial charge is 0.359 e. The first-order valence-corrected chi connectivity index (χ1v) is 12.8. The van der Waals surface area contributed by atoms with Gasteiger partial charge in [-0.3, -0.25) is 14.4 Å². The van der Waals surface area contributed by atoms with Crippen molar-refractivity contribution in [2.24, 2.45) is 11.8 Å². The first-order chi connectivity index (χ1) is 16.4. The summed E-state index contributed by atoms with van der Waals surface area (Å²) in [6.07, 6.45) is 10.3. The van der Waals surface area contributed by atoms with E-state index in [4.69, 9.17) is 16.3 Å². The Balaban J connectivity index is 1.29. The molecule has 2 N–H and O–H groups in total. The maximum atomic E-state index is 13.8. The van der Waals surface area contributed by atoms with Crippen LogP contribution in [0.4, 0.5) is 5.69 Å². The van der Waals surface area contributed by atoms with E-state index in [2.05, 4.69) is 10.6 Å². The molecule has 1 aromatic carbocycles. The zero-order valence-corrected chi connectivity index (χ0v) is 20.0. The number of rotatable bonds is 5. The average Bonchev–Trinajstić information content (AvgIpc) is 3.41. The molecule has 6 rings (SSSR count). The number of amides is 3. The lowest BCUT2D eigenvalue weighted by Crippen LogP contribution is -2.57. The average molecular weight is 484 g/mol. The second-order valence-corrected chi connectivity index (χ2v) is 10.9. The highest BCUT2D eigenvalue weighted by Crippen LogP contribution is 2.57. The Kier molecular flexibility index (Phi) is 5.26. The van der Waals surface area contributed by atoms with E-state index in [-0.39, 0.29) is 29.8 Å². The molecule has 4 fully saturated rings. The van der Waals surface area contributed by atoms with Crippen LogP contribution < -0.4 is 10.6 Å². The second kappa shape index (κ2) is 8.09. The summed E-state index contributed by atoms with van der Waals surface area (Å²) in [7, 11) is 0. The van der Waals surface area contributed by atoms with Crippen LogP contribution in [0.3, 0.4) is 0 Å². The molecule has 180 valence electrons. The monoisotopic (exact) mass is 483 g/mol. The molecular weight excluding hydrogens is 454 g/mol. The number of hydrogen-bond acceptors (Lipinski definition) is 4. The fraction of sp³-hybridized carbons (Fsp3) is 0.577. The Morgan fingerprint density at radius 1 is 1.12 bits per heavy atom. The molecule has 0 unspecified atom stereocenters. The van der Waals surface area contributed by atoms with Gasteiger partial charge >= 0.3 is 0 Å². The van der Waals surface area contributed by atoms with Gasteiger partial charge in [-0.05, 0) is 50.3 Å². The van der Waals surface area contributed by atoms with Gasteiger partial charge < -0.3 is 20.3 Å². The molecule has 8 heteroatoms. The Labute approximate surface area is 204 Å². The Hall–Kier alpha value is -2.38. The number of nitrogens with zero attached hydrogens (tertiary/aromatic N) is 1. The van der Waals surface area contributed by atoms with Crippen LogP contribution in [0.15, 0.2) is 30.4 Å². The maximum absolute atomic E-state index is 13.8. The summed E-state index contributed by atoms with van der Waals surface area (Å²) in [6.45, 7) is 1.90. The molecule has 1 aromatic rings. The highest BCUT2D eigenvalue weighted by atomic mass is 35.5. The number of carbonyl (C=O) groups is 3. The second-order valence-electron chi connectivity index (χ2n) is 10.5. The number of anilines is 1. The number of ether oxygens (including phenoxy) is 1. The molecule has 2 bridgehead atoms. The zero-order valence-electron chi connectivity index (χ0n) is 19.3. The Morgan fingerprint density at radius 2 is 1.88 bits per heavy atom. The van der Waals surface area contributed by atoms with Crippen LogP contribution in [0.5, 0.6) is 0 Å². The molecule has 2 saturated carbocycles. The molecule has 3 heterocycles. The van der Waals surface area contributed by atoms with E-state index in [1.54, 1.807) is 17.0 Å². The van der Waals surface area contributed by atoms with E-state index in [9.17, 15) is 14.4 Å². The molecule has 3 amide bonds. The minimum absolute atomic E-state index is 0.0465. The van der Waals surface area contributed by atoms with E-state index in [0.29, 0.717) is 10.7 Å². The van der Waals surface area contributed by atoms with Crippen molar-refractivity contribution < 1.29 is 19.1 Å². The van der Waals surface area contributed by atoms with E-state index < -0.39 is 29.6 Å². The molecule has 5 atom stereocenters. The zero-order chi connectivity index (χ0) is 23.6. The van der Waals surface area contributed by atoms with Crippen molar-refractivity contribution in [3.8, 4) is 0 Å². The summed E-state index contributed by atoms with van der Waals surface area (Å²) >= 11 is 6.23. The van der Waals surface area contributed by atoms with Crippen molar-refractivity contribution in [2.75, 3.05) is 5.32 Å². The number of nitrogens with one attached hydrogen (secondary N) is 2. The molecule has 1 spiro atoms. The minimum atomic E-state index is -1.09. The van der Waals surface area contributed by atoms with Gasteiger partial charge in [0.25, 0.3) is 0 Å². The van der Waals surface area contributed by atoms with Crippen LogP contribution in [-0.2, 0) is 19.1 Å². The van der Waals surface area contributed by atoms with Gasteiger partial charge in [0.2, 0.25) is 17.7 Å². The first-order valence-electron chi connectivity index (χ1n) is 12.5. The van der Waals surface area contributed by atoms with Gasteiger partial charge in [0.1, 0.15) is 11.6 Å². The van der Waals surface area contributed by atoms with Crippen molar-refractivity contribution >= 4 is 35.0 Å². The molecule has 2 aliphatic carbocycles. The van der Waals surface area contributed by atoms with Gasteiger partial charge in [-0.1, -0.05) is 49.1 Å². The van der Waals surface area contributed by atoms with Gasteiger partial charge in [0.15, 0.2) is 0 Å². The van der Waals surface area contributed by atoms with Crippen molar-refractivity contribution in [2.45, 2.75) is 81.7 Å². The van der Waals surface area contributed by atoms with Crippen molar-refractivity contribution in [1.29, 1.82) is 0 Å². The molecule has 7 nitrogen and oxygen atoms in total. The molecule has 0 aromatic heterocycles. The normalized spacial score (nSPS) is 34.4. The lowest BCUT2D eigenvalue weighted by molar-refractivity contribution is -0.142.